The Morgan fingerprint density at radius 2 is 1.81 bits per heavy atom. The predicted molar refractivity (Wildman–Crippen MR) is 118 cm³/mol. The Kier molecular flexibility index (Phi) is 6.25. The molecule has 0 N–H and O–H groups in total. The van der Waals surface area contributed by atoms with Gasteiger partial charge in [0, 0.05) is 38.4 Å². The maximum Gasteiger partial charge on any atom is 0.338 e. The van der Waals surface area contributed by atoms with Gasteiger partial charge < -0.3 is 14.5 Å². The third kappa shape index (κ3) is 4.01. The molecule has 0 aliphatic carbocycles. The average Bonchev–Trinajstić information content (AvgIpc) is 3.29. The van der Waals surface area contributed by atoms with Crippen molar-refractivity contribution in [2.45, 2.75) is 42.5 Å². The van der Waals surface area contributed by atoms with Gasteiger partial charge in [-0.1, -0.05) is 0 Å². The van der Waals surface area contributed by atoms with Gasteiger partial charge in [0.05, 0.1) is 21.9 Å². The lowest BCUT2D eigenvalue weighted by Gasteiger charge is -2.37. The Labute approximate surface area is 192 Å². The van der Waals surface area contributed by atoms with E-state index in [4.69, 9.17) is 4.74 Å². The topological polar surface area (TPSA) is 104 Å². The van der Waals surface area contributed by atoms with E-state index in [9.17, 15) is 22.8 Å². The van der Waals surface area contributed by atoms with Gasteiger partial charge in [0.2, 0.25) is 21.8 Å². The Hall–Kier alpha value is -2.11. The van der Waals surface area contributed by atoms with Crippen LogP contribution in [0.25, 0.3) is 0 Å². The fraction of sp³-hybridized carbons (Fsp3) is 0.571. The van der Waals surface area contributed by atoms with Crippen molar-refractivity contribution >= 4 is 39.6 Å². The number of thioether (sulfide) groups is 1. The Bertz CT molecular complexity index is 1020. The molecular weight excluding hydrogens is 454 g/mol. The normalized spacial score (nSPS) is 26.3. The van der Waals surface area contributed by atoms with Crippen molar-refractivity contribution in [3.8, 4) is 0 Å². The van der Waals surface area contributed by atoms with Crippen LogP contribution < -0.4 is 0 Å². The van der Waals surface area contributed by atoms with Crippen molar-refractivity contribution in [2.75, 3.05) is 38.5 Å². The zero-order chi connectivity index (χ0) is 23.1. The number of carbonyl (C=O) groups is 3. The van der Waals surface area contributed by atoms with E-state index >= 15 is 0 Å². The molecule has 32 heavy (non-hydrogen) atoms. The van der Waals surface area contributed by atoms with E-state index in [1.807, 2.05) is 6.92 Å². The number of piperazine rings is 1. The Balaban J connectivity index is 1.39. The summed E-state index contributed by atoms with van der Waals surface area (Å²) in [5.41, 5.74) is 0.291. The molecule has 0 bridgehead atoms. The number of amides is 2. The van der Waals surface area contributed by atoms with E-state index in [1.165, 1.54) is 28.6 Å². The van der Waals surface area contributed by atoms with Crippen molar-refractivity contribution in [1.82, 2.24) is 14.1 Å². The molecule has 11 heteroatoms. The van der Waals surface area contributed by atoms with E-state index in [0.717, 1.165) is 6.42 Å². The highest BCUT2D eigenvalue weighted by Crippen LogP contribution is 2.47. The van der Waals surface area contributed by atoms with Crippen molar-refractivity contribution in [3.63, 3.8) is 0 Å². The Morgan fingerprint density at radius 3 is 2.44 bits per heavy atom. The maximum atomic E-state index is 13.1. The van der Waals surface area contributed by atoms with E-state index in [2.05, 4.69) is 0 Å². The van der Waals surface area contributed by atoms with Crippen LogP contribution >= 0.6 is 11.8 Å². The predicted octanol–water partition coefficient (Wildman–Crippen LogP) is 1.15. The zero-order valence-electron chi connectivity index (χ0n) is 18.2. The molecule has 4 rings (SSSR count). The molecule has 3 heterocycles. The number of nitrogens with zero attached hydrogens (tertiary/aromatic N) is 3. The third-order valence-electron chi connectivity index (χ3n) is 6.28. The number of rotatable bonds is 5. The van der Waals surface area contributed by atoms with Gasteiger partial charge in [0.15, 0.2) is 0 Å². The lowest BCUT2D eigenvalue weighted by Crippen LogP contribution is -2.56. The van der Waals surface area contributed by atoms with Crippen molar-refractivity contribution < 1.29 is 27.5 Å². The molecule has 0 saturated carbocycles. The van der Waals surface area contributed by atoms with Gasteiger partial charge in [-0.15, -0.1) is 11.8 Å². The number of esters is 1. The maximum absolute atomic E-state index is 13.1. The number of hydrogen-bond donors (Lipinski definition) is 0. The second kappa shape index (κ2) is 8.68. The van der Waals surface area contributed by atoms with Crippen LogP contribution in [-0.2, 0) is 24.3 Å². The first-order valence-corrected chi connectivity index (χ1v) is 13.1. The van der Waals surface area contributed by atoms with Crippen LogP contribution in [0, 0.1) is 0 Å². The SMILES string of the molecule is CCOC(=O)c1ccc(S(=O)(=O)N2CCN(C(=O)[C@@H]3CS[C@]4(C)CCC(=O)N34)CC2)cc1. The molecule has 3 saturated heterocycles. The minimum Gasteiger partial charge on any atom is -0.462 e. The van der Waals surface area contributed by atoms with Crippen LogP contribution in [0.3, 0.4) is 0 Å². The van der Waals surface area contributed by atoms with Crippen molar-refractivity contribution in [2.24, 2.45) is 0 Å². The Morgan fingerprint density at radius 1 is 1.16 bits per heavy atom. The first-order valence-electron chi connectivity index (χ1n) is 10.7. The molecular formula is C21H27N3O6S2. The van der Waals surface area contributed by atoms with Crippen LogP contribution in [0.5, 0.6) is 0 Å². The van der Waals surface area contributed by atoms with E-state index < -0.39 is 22.0 Å². The molecule has 0 unspecified atom stereocenters. The number of sulfonamides is 1. The summed E-state index contributed by atoms with van der Waals surface area (Å²) in [6, 6.07) is 5.20. The molecule has 0 radical (unpaired) electrons. The minimum atomic E-state index is -3.74. The number of ether oxygens (including phenoxy) is 1. The molecule has 0 spiro atoms. The summed E-state index contributed by atoms with van der Waals surface area (Å²) in [6.07, 6.45) is 1.22. The van der Waals surface area contributed by atoms with Gasteiger partial charge in [-0.3, -0.25) is 9.59 Å². The van der Waals surface area contributed by atoms with Crippen LogP contribution in [0.2, 0.25) is 0 Å². The monoisotopic (exact) mass is 481 g/mol. The van der Waals surface area contributed by atoms with Gasteiger partial charge in [0.1, 0.15) is 6.04 Å². The molecule has 2 atom stereocenters. The highest BCUT2D eigenvalue weighted by Gasteiger charge is 2.53. The van der Waals surface area contributed by atoms with Crippen LogP contribution in [-0.4, -0.2) is 89.8 Å². The molecule has 9 nitrogen and oxygen atoms in total. The molecule has 2 amide bonds. The van der Waals surface area contributed by atoms with Crippen LogP contribution in [0.4, 0.5) is 0 Å². The quantitative estimate of drug-likeness (QED) is 0.581. The smallest absolute Gasteiger partial charge is 0.338 e. The van der Waals surface area contributed by atoms with Gasteiger partial charge in [-0.05, 0) is 44.5 Å². The molecule has 3 aliphatic heterocycles. The summed E-state index contributed by atoms with van der Waals surface area (Å²) < 4.78 is 32.3. The van der Waals surface area contributed by atoms with Crippen molar-refractivity contribution in [1.29, 1.82) is 0 Å². The standard InChI is InChI=1S/C21H27N3O6S2/c1-3-30-20(27)15-4-6-16(7-5-15)32(28,29)23-12-10-22(11-13-23)19(26)17-14-31-21(2)9-8-18(25)24(17)21/h4-7,17H,3,8-14H2,1-2H3/t17-,21+/m0/s1. The summed E-state index contributed by atoms with van der Waals surface area (Å²) in [5.74, 6) is -0.0104. The molecule has 174 valence electrons. The summed E-state index contributed by atoms with van der Waals surface area (Å²) in [6.45, 7) is 4.86. The molecule has 3 aliphatic rings. The highest BCUT2D eigenvalue weighted by atomic mass is 32.2. The first-order chi connectivity index (χ1) is 15.2. The van der Waals surface area contributed by atoms with Gasteiger partial charge >= 0.3 is 5.97 Å². The summed E-state index contributed by atoms with van der Waals surface area (Å²) in [7, 11) is -3.74. The second-order valence-electron chi connectivity index (χ2n) is 8.24. The van der Waals surface area contributed by atoms with Gasteiger partial charge in [-0.2, -0.15) is 4.31 Å². The highest BCUT2D eigenvalue weighted by molar-refractivity contribution is 8.01. The first kappa shape index (κ1) is 23.1. The summed E-state index contributed by atoms with van der Waals surface area (Å²) in [5, 5.41) is 0. The molecule has 1 aromatic rings. The average molecular weight is 482 g/mol. The lowest BCUT2D eigenvalue weighted by molar-refractivity contribution is -0.144. The fourth-order valence-electron chi connectivity index (χ4n) is 4.49. The van der Waals surface area contributed by atoms with Crippen LogP contribution in [0.1, 0.15) is 37.0 Å². The van der Waals surface area contributed by atoms with Gasteiger partial charge in [-0.25, -0.2) is 13.2 Å². The number of hydrogen-bond acceptors (Lipinski definition) is 7. The largest absolute Gasteiger partial charge is 0.462 e. The van der Waals surface area contributed by atoms with Crippen molar-refractivity contribution in [3.05, 3.63) is 29.8 Å². The minimum absolute atomic E-state index is 0.0170. The zero-order valence-corrected chi connectivity index (χ0v) is 19.8. The van der Waals surface area contributed by atoms with Gasteiger partial charge in [0.25, 0.3) is 0 Å². The van der Waals surface area contributed by atoms with E-state index in [-0.39, 0.29) is 54.4 Å². The van der Waals surface area contributed by atoms with Crippen LogP contribution in [0.15, 0.2) is 29.2 Å². The summed E-state index contributed by atoms with van der Waals surface area (Å²) in [4.78, 5) is 40.4. The molecule has 3 fully saturated rings. The lowest BCUT2D eigenvalue weighted by atomic mass is 10.2. The second-order valence-corrected chi connectivity index (χ2v) is 11.7. The number of fused-ring (bicyclic) bond motifs is 1. The third-order valence-corrected chi connectivity index (χ3v) is 9.70. The van der Waals surface area contributed by atoms with E-state index in [1.54, 1.807) is 28.5 Å². The van der Waals surface area contributed by atoms with E-state index in [0.29, 0.717) is 17.7 Å². The fourth-order valence-corrected chi connectivity index (χ4v) is 7.33. The molecule has 0 aromatic heterocycles. The number of benzene rings is 1. The molecule has 1 aromatic carbocycles. The summed E-state index contributed by atoms with van der Waals surface area (Å²) >= 11 is 1.65. The number of carbonyl (C=O) groups excluding carboxylic acids is 3.